The van der Waals surface area contributed by atoms with Crippen molar-refractivity contribution in [2.24, 2.45) is 0 Å². The summed E-state index contributed by atoms with van der Waals surface area (Å²) in [6.45, 7) is 6.65. The summed E-state index contributed by atoms with van der Waals surface area (Å²) in [7, 11) is 0. The van der Waals surface area contributed by atoms with Gasteiger partial charge in [-0.1, -0.05) is 22.7 Å². The monoisotopic (exact) mass is 254 g/mol. The number of thiazole rings is 2. The molecule has 2 nitrogen and oxygen atoms in total. The Bertz CT molecular complexity index is 403. The lowest BCUT2D eigenvalue weighted by Crippen LogP contribution is -2.36. The van der Waals surface area contributed by atoms with Crippen LogP contribution in [-0.4, -0.2) is 0 Å². The third kappa shape index (κ3) is 2.89. The minimum absolute atomic E-state index is 1.15. The number of aryl methyl sites for hydroxylation is 4. The average Bonchev–Trinajstić information content (AvgIpc) is 2.84. The molecule has 4 heteroatoms. The van der Waals surface area contributed by atoms with Gasteiger partial charge in [-0.3, -0.25) is 0 Å². The standard InChI is InChI=1S/C12H18N2S2/c1-11-7-15-9-13(11)5-3-4-6-14-10-16-8-12(14)2/h7-10H,3-6H2,1-2H3/q+2. The Morgan fingerprint density at radius 1 is 0.875 bits per heavy atom. The lowest BCUT2D eigenvalue weighted by atomic mass is 10.3. The van der Waals surface area contributed by atoms with Gasteiger partial charge < -0.3 is 0 Å². The fourth-order valence-electron chi connectivity index (χ4n) is 1.73. The quantitative estimate of drug-likeness (QED) is 0.572. The molecule has 0 radical (unpaired) electrons. The summed E-state index contributed by atoms with van der Waals surface area (Å²) >= 11 is 3.57. The summed E-state index contributed by atoms with van der Waals surface area (Å²) in [5, 5.41) is 4.41. The minimum Gasteiger partial charge on any atom is -0.193 e. The first-order valence-electron chi connectivity index (χ1n) is 5.62. The summed E-state index contributed by atoms with van der Waals surface area (Å²) in [5.41, 5.74) is 7.17. The van der Waals surface area contributed by atoms with E-state index < -0.39 is 0 Å². The van der Waals surface area contributed by atoms with Crippen LogP contribution in [0, 0.1) is 13.8 Å². The summed E-state index contributed by atoms with van der Waals surface area (Å²) in [6.07, 6.45) is 2.51. The molecule has 0 aliphatic carbocycles. The Morgan fingerprint density at radius 2 is 1.31 bits per heavy atom. The van der Waals surface area contributed by atoms with Crippen LogP contribution in [0.3, 0.4) is 0 Å². The maximum absolute atomic E-state index is 2.34. The van der Waals surface area contributed by atoms with Gasteiger partial charge >= 0.3 is 0 Å². The number of rotatable bonds is 5. The average molecular weight is 254 g/mol. The van der Waals surface area contributed by atoms with E-state index in [1.165, 1.54) is 24.2 Å². The van der Waals surface area contributed by atoms with Crippen LogP contribution in [-0.2, 0) is 13.1 Å². The van der Waals surface area contributed by atoms with Crippen molar-refractivity contribution in [3.05, 3.63) is 33.2 Å². The Kier molecular flexibility index (Phi) is 4.07. The number of hydrogen-bond acceptors (Lipinski definition) is 2. The molecule has 0 aliphatic rings. The van der Waals surface area contributed by atoms with Gasteiger partial charge in [0.1, 0.15) is 13.1 Å². The van der Waals surface area contributed by atoms with Crippen molar-refractivity contribution < 1.29 is 9.13 Å². The van der Waals surface area contributed by atoms with E-state index in [4.69, 9.17) is 0 Å². The van der Waals surface area contributed by atoms with Gasteiger partial charge in [-0.05, 0) is 0 Å². The predicted molar refractivity (Wildman–Crippen MR) is 67.7 cm³/mol. The van der Waals surface area contributed by atoms with Crippen LogP contribution in [0.25, 0.3) is 0 Å². The van der Waals surface area contributed by atoms with Gasteiger partial charge in [0.2, 0.25) is 11.0 Å². The molecular formula is C12H18N2S2+2. The van der Waals surface area contributed by atoms with Gasteiger partial charge in [0, 0.05) is 26.7 Å². The molecule has 0 aromatic carbocycles. The molecule has 0 fully saturated rings. The second kappa shape index (κ2) is 5.55. The third-order valence-corrected chi connectivity index (χ3v) is 4.51. The highest BCUT2D eigenvalue weighted by Crippen LogP contribution is 2.00. The summed E-state index contributed by atoms with van der Waals surface area (Å²) in [5.74, 6) is 0. The normalized spacial score (nSPS) is 10.9. The van der Waals surface area contributed by atoms with E-state index >= 15 is 0 Å². The first-order chi connectivity index (χ1) is 7.77. The zero-order valence-electron chi connectivity index (χ0n) is 9.85. The van der Waals surface area contributed by atoms with Gasteiger partial charge in [-0.25, -0.2) is 0 Å². The molecule has 0 atom stereocenters. The molecule has 2 aromatic heterocycles. The van der Waals surface area contributed by atoms with Crippen LogP contribution < -0.4 is 9.13 Å². The van der Waals surface area contributed by atoms with Gasteiger partial charge in [-0.15, -0.1) is 0 Å². The van der Waals surface area contributed by atoms with Crippen LogP contribution >= 0.6 is 22.7 Å². The van der Waals surface area contributed by atoms with Crippen LogP contribution in [0.2, 0.25) is 0 Å². The van der Waals surface area contributed by atoms with E-state index in [1.54, 1.807) is 22.7 Å². The van der Waals surface area contributed by atoms with Gasteiger partial charge in [-0.2, -0.15) is 9.13 Å². The molecule has 2 aromatic rings. The van der Waals surface area contributed by atoms with Crippen molar-refractivity contribution in [3.63, 3.8) is 0 Å². The van der Waals surface area contributed by atoms with Gasteiger partial charge in [0.15, 0.2) is 11.4 Å². The minimum atomic E-state index is 1.15. The zero-order chi connectivity index (χ0) is 11.4. The largest absolute Gasteiger partial charge is 0.224 e. The molecule has 0 saturated carbocycles. The van der Waals surface area contributed by atoms with E-state index in [0.717, 1.165) is 13.1 Å². The molecule has 0 spiro atoms. The summed E-state index contributed by atoms with van der Waals surface area (Å²) in [4.78, 5) is 0. The van der Waals surface area contributed by atoms with Crippen LogP contribution in [0.5, 0.6) is 0 Å². The highest BCUT2D eigenvalue weighted by molar-refractivity contribution is 7.07. The number of unbranched alkanes of at least 4 members (excludes halogenated alkanes) is 1. The molecule has 0 saturated heterocycles. The first kappa shape index (κ1) is 11.7. The van der Waals surface area contributed by atoms with Crippen LogP contribution in [0.15, 0.2) is 21.8 Å². The number of hydrogen-bond donors (Lipinski definition) is 0. The predicted octanol–water partition coefficient (Wildman–Crippen LogP) is 2.48. The summed E-state index contributed by atoms with van der Waals surface area (Å²) in [6, 6.07) is 0. The van der Waals surface area contributed by atoms with E-state index in [-0.39, 0.29) is 0 Å². The van der Waals surface area contributed by atoms with Gasteiger partial charge in [0.05, 0.1) is 10.8 Å². The molecule has 2 heterocycles. The highest BCUT2D eigenvalue weighted by atomic mass is 32.1. The maximum atomic E-state index is 2.34. The third-order valence-electron chi connectivity index (χ3n) is 2.81. The second-order valence-corrected chi connectivity index (χ2v) is 5.53. The molecule has 0 amide bonds. The van der Waals surface area contributed by atoms with Crippen molar-refractivity contribution in [3.8, 4) is 0 Å². The Hall–Kier alpha value is -0.740. The smallest absolute Gasteiger partial charge is 0.193 e. The molecule has 2 rings (SSSR count). The topological polar surface area (TPSA) is 7.76 Å². The molecule has 0 aliphatic heterocycles. The van der Waals surface area contributed by atoms with Crippen LogP contribution in [0.4, 0.5) is 0 Å². The van der Waals surface area contributed by atoms with E-state index in [2.05, 4.69) is 44.8 Å². The lowest BCUT2D eigenvalue weighted by Gasteiger charge is -1.95. The molecule has 16 heavy (non-hydrogen) atoms. The molecule has 0 bridgehead atoms. The van der Waals surface area contributed by atoms with Crippen molar-refractivity contribution in [2.75, 3.05) is 0 Å². The fourth-order valence-corrected chi connectivity index (χ4v) is 3.35. The Morgan fingerprint density at radius 3 is 1.62 bits per heavy atom. The number of aromatic nitrogens is 2. The van der Waals surface area contributed by atoms with Crippen molar-refractivity contribution in [1.82, 2.24) is 0 Å². The van der Waals surface area contributed by atoms with E-state index in [9.17, 15) is 0 Å². The van der Waals surface area contributed by atoms with Crippen molar-refractivity contribution in [2.45, 2.75) is 39.8 Å². The summed E-state index contributed by atoms with van der Waals surface area (Å²) < 4.78 is 4.69. The molecule has 0 N–H and O–H groups in total. The van der Waals surface area contributed by atoms with Crippen molar-refractivity contribution >= 4 is 22.7 Å². The Labute approximate surface area is 105 Å². The molecular weight excluding hydrogens is 236 g/mol. The first-order valence-corrected chi connectivity index (χ1v) is 7.50. The molecule has 86 valence electrons. The van der Waals surface area contributed by atoms with Crippen molar-refractivity contribution in [1.29, 1.82) is 0 Å². The lowest BCUT2D eigenvalue weighted by molar-refractivity contribution is -0.709. The molecule has 0 unspecified atom stereocenters. The number of nitrogens with zero attached hydrogens (tertiary/aromatic N) is 2. The Balaban J connectivity index is 1.74. The SMILES string of the molecule is Cc1csc[n+]1CCCC[n+]1cscc1C. The van der Waals surface area contributed by atoms with Gasteiger partial charge in [0.25, 0.3) is 0 Å². The second-order valence-electron chi connectivity index (χ2n) is 4.10. The van der Waals surface area contributed by atoms with Crippen LogP contribution in [0.1, 0.15) is 24.2 Å². The van der Waals surface area contributed by atoms with E-state index in [1.807, 2.05) is 0 Å². The fraction of sp³-hybridized carbons (Fsp3) is 0.500. The highest BCUT2D eigenvalue weighted by Gasteiger charge is 2.09. The van der Waals surface area contributed by atoms with E-state index in [0.29, 0.717) is 0 Å². The zero-order valence-corrected chi connectivity index (χ0v) is 11.5. The maximum Gasteiger partial charge on any atom is 0.224 e.